The number of carbonyl (C=O) groups is 1. The average molecular weight is 374 g/mol. The van der Waals surface area contributed by atoms with Crippen molar-refractivity contribution in [3.8, 4) is 0 Å². The highest BCUT2D eigenvalue weighted by atomic mass is 32.2. The van der Waals surface area contributed by atoms with Gasteiger partial charge in [0, 0.05) is 37.3 Å². The number of hydrogen-bond acceptors (Lipinski definition) is 5. The summed E-state index contributed by atoms with van der Waals surface area (Å²) in [7, 11) is 0. The molecule has 140 valence electrons. The maximum Gasteiger partial charge on any atom is 0.233 e. The summed E-state index contributed by atoms with van der Waals surface area (Å²) in [5.74, 6) is 1.38. The third-order valence-electron chi connectivity index (χ3n) is 4.50. The van der Waals surface area contributed by atoms with Crippen LogP contribution in [0.3, 0.4) is 0 Å². The van der Waals surface area contributed by atoms with Crippen LogP contribution < -0.4 is 4.90 Å². The predicted molar refractivity (Wildman–Crippen MR) is 106 cm³/mol. The molecule has 3 rings (SSSR count). The molecule has 1 aliphatic rings. The first-order valence-corrected chi connectivity index (χ1v) is 9.96. The summed E-state index contributed by atoms with van der Waals surface area (Å²) in [6.45, 7) is 11.6. The summed E-state index contributed by atoms with van der Waals surface area (Å²) >= 11 is 1.40. The van der Waals surface area contributed by atoms with Crippen molar-refractivity contribution in [3.05, 3.63) is 35.7 Å². The number of nitrogens with zero attached hydrogens (tertiary/aromatic N) is 4. The van der Waals surface area contributed by atoms with Crippen LogP contribution in [-0.2, 0) is 10.2 Å². The number of anilines is 1. The molecule has 2 heterocycles. The van der Waals surface area contributed by atoms with E-state index in [1.54, 1.807) is 0 Å². The van der Waals surface area contributed by atoms with Crippen molar-refractivity contribution in [2.24, 2.45) is 0 Å². The van der Waals surface area contributed by atoms with Crippen LogP contribution in [0.4, 0.5) is 5.69 Å². The first kappa shape index (κ1) is 18.8. The van der Waals surface area contributed by atoms with E-state index in [1.807, 2.05) is 4.90 Å². The Labute approximate surface area is 159 Å². The third kappa shape index (κ3) is 4.58. The highest BCUT2D eigenvalue weighted by Crippen LogP contribution is 2.22. The molecule has 6 nitrogen and oxygen atoms in total. The van der Waals surface area contributed by atoms with Gasteiger partial charge in [0.15, 0.2) is 0 Å². The SMILES string of the molecule is Cc1cccc(N2CCN(C(=O)CSc3n[nH]c(C(C)(C)C)n3)CC2)c1. The van der Waals surface area contributed by atoms with Gasteiger partial charge in [-0.3, -0.25) is 9.89 Å². The lowest BCUT2D eigenvalue weighted by Gasteiger charge is -2.36. The minimum atomic E-state index is -0.0675. The fraction of sp³-hybridized carbons (Fsp3) is 0.526. The van der Waals surface area contributed by atoms with E-state index in [4.69, 9.17) is 0 Å². The van der Waals surface area contributed by atoms with Crippen molar-refractivity contribution < 1.29 is 4.79 Å². The van der Waals surface area contributed by atoms with Crippen LogP contribution >= 0.6 is 11.8 Å². The second kappa shape index (κ2) is 7.70. The van der Waals surface area contributed by atoms with E-state index in [2.05, 4.69) is 72.0 Å². The minimum absolute atomic E-state index is 0.0675. The summed E-state index contributed by atoms with van der Waals surface area (Å²) in [5, 5.41) is 7.81. The molecule has 0 unspecified atom stereocenters. The molecule has 2 aromatic rings. The molecule has 1 fully saturated rings. The van der Waals surface area contributed by atoms with E-state index in [9.17, 15) is 4.79 Å². The van der Waals surface area contributed by atoms with Crippen LogP contribution in [0.5, 0.6) is 0 Å². The van der Waals surface area contributed by atoms with Crippen LogP contribution in [0.1, 0.15) is 32.2 Å². The number of thioether (sulfide) groups is 1. The Morgan fingerprint density at radius 1 is 1.23 bits per heavy atom. The molecule has 0 bridgehead atoms. The molecule has 1 aliphatic heterocycles. The van der Waals surface area contributed by atoms with Crippen LogP contribution in [-0.4, -0.2) is 57.9 Å². The molecule has 1 aromatic carbocycles. The Balaban J connectivity index is 1.49. The lowest BCUT2D eigenvalue weighted by Crippen LogP contribution is -2.49. The summed E-state index contributed by atoms with van der Waals surface area (Å²) < 4.78 is 0. The number of H-pyrrole nitrogens is 1. The summed E-state index contributed by atoms with van der Waals surface area (Å²) in [4.78, 5) is 21.3. The maximum atomic E-state index is 12.5. The van der Waals surface area contributed by atoms with Crippen LogP contribution in [0, 0.1) is 6.92 Å². The molecular formula is C19H27N5OS. The van der Waals surface area contributed by atoms with Gasteiger partial charge in [-0.25, -0.2) is 4.98 Å². The van der Waals surface area contributed by atoms with Gasteiger partial charge in [0.25, 0.3) is 0 Å². The normalized spacial score (nSPS) is 15.4. The van der Waals surface area contributed by atoms with Crippen molar-refractivity contribution in [2.45, 2.75) is 38.3 Å². The second-order valence-corrected chi connectivity index (χ2v) is 8.65. The van der Waals surface area contributed by atoms with Crippen molar-refractivity contribution in [2.75, 3.05) is 36.8 Å². The molecule has 1 amide bonds. The number of aromatic amines is 1. The minimum Gasteiger partial charge on any atom is -0.368 e. The van der Waals surface area contributed by atoms with Gasteiger partial charge in [-0.15, -0.1) is 5.10 Å². The molecule has 0 spiro atoms. The van der Waals surface area contributed by atoms with Crippen LogP contribution in [0.25, 0.3) is 0 Å². The molecule has 1 N–H and O–H groups in total. The Kier molecular flexibility index (Phi) is 5.55. The van der Waals surface area contributed by atoms with Gasteiger partial charge >= 0.3 is 0 Å². The number of hydrogen-bond donors (Lipinski definition) is 1. The number of nitrogens with one attached hydrogen (secondary N) is 1. The van der Waals surface area contributed by atoms with Crippen molar-refractivity contribution in [1.82, 2.24) is 20.1 Å². The smallest absolute Gasteiger partial charge is 0.233 e. The second-order valence-electron chi connectivity index (χ2n) is 7.71. The van der Waals surface area contributed by atoms with E-state index < -0.39 is 0 Å². The third-order valence-corrected chi connectivity index (χ3v) is 5.33. The highest BCUT2D eigenvalue weighted by molar-refractivity contribution is 7.99. The standard InChI is InChI=1S/C19H27N5OS/c1-14-6-5-7-15(12-14)23-8-10-24(11-9-23)16(25)13-26-18-20-17(21-22-18)19(2,3)4/h5-7,12H,8-11,13H2,1-4H3,(H,20,21,22). The van der Waals surface area contributed by atoms with Gasteiger partial charge in [0.1, 0.15) is 5.82 Å². The fourth-order valence-electron chi connectivity index (χ4n) is 2.90. The summed E-state index contributed by atoms with van der Waals surface area (Å²) in [6.07, 6.45) is 0. The Hall–Kier alpha value is -2.02. The summed E-state index contributed by atoms with van der Waals surface area (Å²) in [5.41, 5.74) is 2.43. The number of rotatable bonds is 4. The van der Waals surface area contributed by atoms with Gasteiger partial charge in [0.05, 0.1) is 5.75 Å². The Bertz CT molecular complexity index is 759. The topological polar surface area (TPSA) is 65.1 Å². The van der Waals surface area contributed by atoms with E-state index >= 15 is 0 Å². The lowest BCUT2D eigenvalue weighted by atomic mass is 9.96. The zero-order valence-corrected chi connectivity index (χ0v) is 16.8. The molecule has 0 aliphatic carbocycles. The van der Waals surface area contributed by atoms with Crippen molar-refractivity contribution in [3.63, 3.8) is 0 Å². The van der Waals surface area contributed by atoms with Crippen LogP contribution in [0.15, 0.2) is 29.4 Å². The number of piperazine rings is 1. The summed E-state index contributed by atoms with van der Waals surface area (Å²) in [6, 6.07) is 8.52. The molecule has 0 saturated carbocycles. The predicted octanol–water partition coefficient (Wildman–Crippen LogP) is 2.85. The zero-order chi connectivity index (χ0) is 18.7. The largest absolute Gasteiger partial charge is 0.368 e. The quantitative estimate of drug-likeness (QED) is 0.835. The van der Waals surface area contributed by atoms with Gasteiger partial charge in [-0.2, -0.15) is 0 Å². The average Bonchev–Trinajstić information content (AvgIpc) is 3.09. The first-order chi connectivity index (χ1) is 12.3. The van der Waals surface area contributed by atoms with Crippen molar-refractivity contribution >= 4 is 23.4 Å². The zero-order valence-electron chi connectivity index (χ0n) is 16.0. The highest BCUT2D eigenvalue weighted by Gasteiger charge is 2.23. The molecule has 0 radical (unpaired) electrons. The van der Waals surface area contributed by atoms with E-state index in [0.717, 1.165) is 32.0 Å². The molecule has 26 heavy (non-hydrogen) atoms. The monoisotopic (exact) mass is 373 g/mol. The van der Waals surface area contributed by atoms with Gasteiger partial charge in [-0.05, 0) is 24.6 Å². The van der Waals surface area contributed by atoms with Gasteiger partial charge in [-0.1, -0.05) is 44.7 Å². The first-order valence-electron chi connectivity index (χ1n) is 8.98. The van der Waals surface area contributed by atoms with Crippen molar-refractivity contribution in [1.29, 1.82) is 0 Å². The fourth-order valence-corrected chi connectivity index (χ4v) is 3.60. The number of benzene rings is 1. The molecule has 7 heteroatoms. The maximum absolute atomic E-state index is 12.5. The van der Waals surface area contributed by atoms with Gasteiger partial charge in [0.2, 0.25) is 11.1 Å². The number of carbonyl (C=O) groups excluding carboxylic acids is 1. The Morgan fingerprint density at radius 2 is 1.96 bits per heavy atom. The number of aryl methyl sites for hydroxylation is 1. The van der Waals surface area contributed by atoms with Gasteiger partial charge < -0.3 is 9.80 Å². The van der Waals surface area contributed by atoms with E-state index in [-0.39, 0.29) is 11.3 Å². The van der Waals surface area contributed by atoms with Crippen LogP contribution in [0.2, 0.25) is 0 Å². The molecule has 0 atom stereocenters. The number of aromatic nitrogens is 3. The number of amides is 1. The molecule has 1 aromatic heterocycles. The van der Waals surface area contributed by atoms with E-state index in [1.165, 1.54) is 23.0 Å². The Morgan fingerprint density at radius 3 is 2.58 bits per heavy atom. The molecule has 1 saturated heterocycles. The van der Waals surface area contributed by atoms with E-state index in [0.29, 0.717) is 10.9 Å². The molecular weight excluding hydrogens is 346 g/mol. The lowest BCUT2D eigenvalue weighted by molar-refractivity contribution is -0.128.